The standard InChI is InChI=1S/C13H11ClN4/c1-18-11-6-9(14)3-4-10(11)17-13(18)8-2-5-12(15)16-7-8/h2-7H,1H3,(H2,15,16). The molecule has 5 heteroatoms. The Morgan fingerprint density at radius 2 is 2.06 bits per heavy atom. The van der Waals surface area contributed by atoms with Crippen LogP contribution in [0.15, 0.2) is 36.5 Å². The fourth-order valence-electron chi connectivity index (χ4n) is 1.96. The molecule has 0 aliphatic rings. The van der Waals surface area contributed by atoms with Crippen molar-refractivity contribution in [2.75, 3.05) is 5.73 Å². The smallest absolute Gasteiger partial charge is 0.142 e. The molecule has 3 aromatic rings. The van der Waals surface area contributed by atoms with E-state index in [2.05, 4.69) is 9.97 Å². The van der Waals surface area contributed by atoms with Gasteiger partial charge in [-0.3, -0.25) is 0 Å². The average Bonchev–Trinajstić information content (AvgIpc) is 2.68. The largest absolute Gasteiger partial charge is 0.384 e. The van der Waals surface area contributed by atoms with Crippen molar-refractivity contribution < 1.29 is 0 Å². The van der Waals surface area contributed by atoms with Crippen molar-refractivity contribution in [3.05, 3.63) is 41.6 Å². The molecule has 3 rings (SSSR count). The Labute approximate surface area is 109 Å². The van der Waals surface area contributed by atoms with Crippen molar-refractivity contribution in [1.82, 2.24) is 14.5 Å². The predicted octanol–water partition coefficient (Wildman–Crippen LogP) is 2.87. The van der Waals surface area contributed by atoms with Gasteiger partial charge in [0.15, 0.2) is 0 Å². The highest BCUT2D eigenvalue weighted by molar-refractivity contribution is 6.31. The van der Waals surface area contributed by atoms with Gasteiger partial charge in [0.25, 0.3) is 0 Å². The van der Waals surface area contributed by atoms with E-state index in [-0.39, 0.29) is 0 Å². The molecule has 0 aliphatic carbocycles. The van der Waals surface area contributed by atoms with Gasteiger partial charge in [0.2, 0.25) is 0 Å². The van der Waals surface area contributed by atoms with Crippen molar-refractivity contribution in [1.29, 1.82) is 0 Å². The zero-order valence-electron chi connectivity index (χ0n) is 9.76. The molecule has 0 bridgehead atoms. The van der Waals surface area contributed by atoms with Crippen molar-refractivity contribution in [3.63, 3.8) is 0 Å². The number of fused-ring (bicyclic) bond motifs is 1. The van der Waals surface area contributed by atoms with E-state index in [1.807, 2.05) is 35.9 Å². The van der Waals surface area contributed by atoms with E-state index in [4.69, 9.17) is 17.3 Å². The molecule has 90 valence electrons. The van der Waals surface area contributed by atoms with Crippen LogP contribution in [0.1, 0.15) is 0 Å². The van der Waals surface area contributed by atoms with Gasteiger partial charge in [-0.05, 0) is 30.3 Å². The Balaban J connectivity index is 2.23. The van der Waals surface area contributed by atoms with E-state index < -0.39 is 0 Å². The highest BCUT2D eigenvalue weighted by Gasteiger charge is 2.10. The van der Waals surface area contributed by atoms with Crippen LogP contribution in [-0.4, -0.2) is 14.5 Å². The van der Waals surface area contributed by atoms with E-state index in [0.29, 0.717) is 10.8 Å². The highest BCUT2D eigenvalue weighted by atomic mass is 35.5. The molecule has 0 aliphatic heterocycles. The van der Waals surface area contributed by atoms with Crippen LogP contribution in [0, 0.1) is 0 Å². The van der Waals surface area contributed by atoms with Crippen LogP contribution in [0.4, 0.5) is 5.82 Å². The number of pyridine rings is 1. The van der Waals surface area contributed by atoms with Crippen molar-refractivity contribution in [2.24, 2.45) is 7.05 Å². The molecule has 0 saturated heterocycles. The summed E-state index contributed by atoms with van der Waals surface area (Å²) in [6.45, 7) is 0. The lowest BCUT2D eigenvalue weighted by atomic mass is 10.2. The summed E-state index contributed by atoms with van der Waals surface area (Å²) in [5.41, 5.74) is 8.42. The number of hydrogen-bond donors (Lipinski definition) is 1. The molecule has 0 unspecified atom stereocenters. The number of anilines is 1. The van der Waals surface area contributed by atoms with Gasteiger partial charge in [-0.15, -0.1) is 0 Å². The maximum atomic E-state index is 6.00. The Bertz CT molecular complexity index is 716. The number of nitrogens with zero attached hydrogens (tertiary/aromatic N) is 3. The third-order valence-corrected chi connectivity index (χ3v) is 3.12. The second kappa shape index (κ2) is 3.99. The number of nitrogen functional groups attached to an aromatic ring is 1. The van der Waals surface area contributed by atoms with Gasteiger partial charge < -0.3 is 10.3 Å². The minimum atomic E-state index is 0.501. The molecule has 2 N–H and O–H groups in total. The summed E-state index contributed by atoms with van der Waals surface area (Å²) >= 11 is 6.00. The Morgan fingerprint density at radius 1 is 1.22 bits per heavy atom. The van der Waals surface area contributed by atoms with Gasteiger partial charge >= 0.3 is 0 Å². The van der Waals surface area contributed by atoms with Crippen LogP contribution >= 0.6 is 11.6 Å². The van der Waals surface area contributed by atoms with Crippen LogP contribution in [0.5, 0.6) is 0 Å². The maximum absolute atomic E-state index is 6.00. The van der Waals surface area contributed by atoms with Gasteiger partial charge in [-0.1, -0.05) is 11.6 Å². The van der Waals surface area contributed by atoms with Gasteiger partial charge in [-0.2, -0.15) is 0 Å². The molecule has 0 spiro atoms. The molecular weight excluding hydrogens is 248 g/mol. The second-order valence-corrected chi connectivity index (χ2v) is 4.54. The lowest BCUT2D eigenvalue weighted by Gasteiger charge is -2.02. The third-order valence-electron chi connectivity index (χ3n) is 2.89. The fourth-order valence-corrected chi connectivity index (χ4v) is 2.13. The zero-order valence-corrected chi connectivity index (χ0v) is 10.5. The van der Waals surface area contributed by atoms with E-state index in [9.17, 15) is 0 Å². The first-order valence-corrected chi connectivity index (χ1v) is 5.87. The number of aromatic nitrogens is 3. The lowest BCUT2D eigenvalue weighted by molar-refractivity contribution is 0.958. The molecule has 2 aromatic heterocycles. The fraction of sp³-hybridized carbons (Fsp3) is 0.0769. The number of hydrogen-bond acceptors (Lipinski definition) is 3. The molecule has 0 saturated carbocycles. The first kappa shape index (κ1) is 11.0. The molecule has 0 amide bonds. The molecule has 18 heavy (non-hydrogen) atoms. The number of nitrogens with two attached hydrogens (primary N) is 1. The molecular formula is C13H11ClN4. The van der Waals surface area contributed by atoms with Crippen molar-refractivity contribution >= 4 is 28.5 Å². The topological polar surface area (TPSA) is 56.7 Å². The van der Waals surface area contributed by atoms with Gasteiger partial charge in [0.05, 0.1) is 11.0 Å². The summed E-state index contributed by atoms with van der Waals surface area (Å²) in [4.78, 5) is 8.66. The summed E-state index contributed by atoms with van der Waals surface area (Å²) < 4.78 is 1.99. The second-order valence-electron chi connectivity index (χ2n) is 4.10. The van der Waals surface area contributed by atoms with E-state index in [0.717, 1.165) is 22.4 Å². The molecule has 0 atom stereocenters. The number of rotatable bonds is 1. The summed E-state index contributed by atoms with van der Waals surface area (Å²) in [6.07, 6.45) is 1.72. The van der Waals surface area contributed by atoms with Crippen molar-refractivity contribution in [3.8, 4) is 11.4 Å². The van der Waals surface area contributed by atoms with Gasteiger partial charge in [0, 0.05) is 23.8 Å². The van der Waals surface area contributed by atoms with Crippen LogP contribution in [0.25, 0.3) is 22.4 Å². The Morgan fingerprint density at radius 3 is 2.78 bits per heavy atom. The molecule has 4 nitrogen and oxygen atoms in total. The van der Waals surface area contributed by atoms with E-state index in [1.165, 1.54) is 0 Å². The number of benzene rings is 1. The van der Waals surface area contributed by atoms with E-state index >= 15 is 0 Å². The summed E-state index contributed by atoms with van der Waals surface area (Å²) in [6, 6.07) is 9.32. The Kier molecular flexibility index (Phi) is 2.45. The minimum absolute atomic E-state index is 0.501. The summed E-state index contributed by atoms with van der Waals surface area (Å²) in [5.74, 6) is 1.35. The first-order valence-electron chi connectivity index (χ1n) is 5.49. The molecule has 0 radical (unpaired) electrons. The van der Waals surface area contributed by atoms with Crippen LogP contribution in [0.2, 0.25) is 5.02 Å². The number of aryl methyl sites for hydroxylation is 1. The quantitative estimate of drug-likeness (QED) is 0.730. The normalized spacial score (nSPS) is 11.0. The zero-order chi connectivity index (χ0) is 12.7. The van der Waals surface area contributed by atoms with E-state index in [1.54, 1.807) is 12.3 Å². The highest BCUT2D eigenvalue weighted by Crippen LogP contribution is 2.25. The number of imidazole rings is 1. The molecule has 2 heterocycles. The molecule has 1 aromatic carbocycles. The monoisotopic (exact) mass is 258 g/mol. The van der Waals surface area contributed by atoms with Crippen LogP contribution in [-0.2, 0) is 7.05 Å². The van der Waals surface area contributed by atoms with Crippen molar-refractivity contribution in [2.45, 2.75) is 0 Å². The molecule has 0 fully saturated rings. The van der Waals surface area contributed by atoms with Crippen LogP contribution in [0.3, 0.4) is 0 Å². The summed E-state index contributed by atoms with van der Waals surface area (Å²) in [5, 5.41) is 0.701. The SMILES string of the molecule is Cn1c(-c2ccc(N)nc2)nc2ccc(Cl)cc21. The summed E-state index contributed by atoms with van der Waals surface area (Å²) in [7, 11) is 1.96. The van der Waals surface area contributed by atoms with Gasteiger partial charge in [0.1, 0.15) is 11.6 Å². The number of halogens is 1. The lowest BCUT2D eigenvalue weighted by Crippen LogP contribution is -1.94. The average molecular weight is 259 g/mol. The first-order chi connectivity index (χ1) is 8.65. The minimum Gasteiger partial charge on any atom is -0.384 e. The predicted molar refractivity (Wildman–Crippen MR) is 73.4 cm³/mol. The van der Waals surface area contributed by atoms with Crippen LogP contribution < -0.4 is 5.73 Å². The maximum Gasteiger partial charge on any atom is 0.142 e. The third kappa shape index (κ3) is 1.71. The van der Waals surface area contributed by atoms with Gasteiger partial charge in [-0.25, -0.2) is 9.97 Å². The Hall–Kier alpha value is -2.07.